The van der Waals surface area contributed by atoms with Crippen molar-refractivity contribution in [2.45, 2.75) is 0 Å². The van der Waals surface area contributed by atoms with E-state index in [9.17, 15) is 10.1 Å². The zero-order chi connectivity index (χ0) is 13.7. The van der Waals surface area contributed by atoms with Crippen molar-refractivity contribution in [2.75, 3.05) is 5.43 Å². The van der Waals surface area contributed by atoms with Crippen LogP contribution in [0.1, 0.15) is 5.56 Å². The van der Waals surface area contributed by atoms with Crippen molar-refractivity contribution in [2.24, 2.45) is 5.10 Å². The third kappa shape index (κ3) is 3.59. The van der Waals surface area contributed by atoms with Crippen LogP contribution in [0.15, 0.2) is 52.2 Å². The van der Waals surface area contributed by atoms with Gasteiger partial charge in [0.25, 0.3) is 5.69 Å². The number of nitro groups is 1. The average Bonchev–Trinajstić information content (AvgIpc) is 2.41. The number of rotatable bonds is 4. The average molecular weight is 321 g/mol. The number of hydrazone groups is 1. The lowest BCUT2D eigenvalue weighted by molar-refractivity contribution is -0.385. The molecule has 7 heteroatoms. The molecule has 2 rings (SSSR count). The summed E-state index contributed by atoms with van der Waals surface area (Å²) >= 11 is 3.12. The quantitative estimate of drug-likeness (QED) is 0.533. The number of aromatic nitrogens is 1. The van der Waals surface area contributed by atoms with Gasteiger partial charge in [0.05, 0.1) is 15.6 Å². The van der Waals surface area contributed by atoms with Gasteiger partial charge in [-0.15, -0.1) is 0 Å². The number of anilines is 1. The van der Waals surface area contributed by atoms with Crippen LogP contribution in [0.2, 0.25) is 0 Å². The van der Waals surface area contributed by atoms with Gasteiger partial charge in [-0.1, -0.05) is 12.1 Å². The van der Waals surface area contributed by atoms with E-state index in [1.165, 1.54) is 12.3 Å². The summed E-state index contributed by atoms with van der Waals surface area (Å²) < 4.78 is 0.437. The summed E-state index contributed by atoms with van der Waals surface area (Å²) in [6.45, 7) is 0. The molecular formula is C12H9BrN4O2. The van der Waals surface area contributed by atoms with Crippen molar-refractivity contribution >= 4 is 33.6 Å². The second-order valence-corrected chi connectivity index (χ2v) is 4.41. The van der Waals surface area contributed by atoms with Crippen LogP contribution in [-0.2, 0) is 0 Å². The number of hydrogen-bond donors (Lipinski definition) is 1. The molecule has 0 spiro atoms. The van der Waals surface area contributed by atoms with Crippen molar-refractivity contribution in [3.8, 4) is 0 Å². The normalized spacial score (nSPS) is 10.6. The Balaban J connectivity index is 2.11. The van der Waals surface area contributed by atoms with Crippen molar-refractivity contribution in [3.05, 3.63) is 62.7 Å². The van der Waals surface area contributed by atoms with Gasteiger partial charge in [0, 0.05) is 17.8 Å². The van der Waals surface area contributed by atoms with Gasteiger partial charge in [-0.05, 0) is 34.1 Å². The number of pyridine rings is 1. The van der Waals surface area contributed by atoms with E-state index < -0.39 is 4.92 Å². The predicted octanol–water partition coefficient (Wildman–Crippen LogP) is 3.20. The van der Waals surface area contributed by atoms with Crippen molar-refractivity contribution in [3.63, 3.8) is 0 Å². The Hall–Kier alpha value is -2.28. The van der Waals surface area contributed by atoms with E-state index in [2.05, 4.69) is 31.4 Å². The standard InChI is InChI=1S/C12H9BrN4O2/c13-10-5-4-9(7-11(10)17(18)19)8-15-16-12-3-1-2-6-14-12/h1-8H,(H,14,16). The van der Waals surface area contributed by atoms with Crippen LogP contribution in [0.5, 0.6) is 0 Å². The molecule has 0 saturated heterocycles. The Bertz CT molecular complexity index is 616. The molecule has 0 amide bonds. The summed E-state index contributed by atoms with van der Waals surface area (Å²) in [5, 5.41) is 14.7. The van der Waals surface area contributed by atoms with Gasteiger partial charge in [-0.3, -0.25) is 15.5 Å². The first-order valence-corrected chi connectivity index (χ1v) is 6.10. The van der Waals surface area contributed by atoms with E-state index in [0.29, 0.717) is 15.9 Å². The topological polar surface area (TPSA) is 80.4 Å². The third-order valence-electron chi connectivity index (χ3n) is 2.22. The van der Waals surface area contributed by atoms with Crippen molar-refractivity contribution in [1.29, 1.82) is 0 Å². The summed E-state index contributed by atoms with van der Waals surface area (Å²) in [5.41, 5.74) is 3.36. The van der Waals surface area contributed by atoms with E-state index in [4.69, 9.17) is 0 Å². The molecule has 1 aromatic carbocycles. The zero-order valence-electron chi connectivity index (χ0n) is 9.65. The maximum Gasteiger partial charge on any atom is 0.284 e. The molecule has 0 radical (unpaired) electrons. The third-order valence-corrected chi connectivity index (χ3v) is 2.90. The maximum absolute atomic E-state index is 10.8. The van der Waals surface area contributed by atoms with Gasteiger partial charge < -0.3 is 0 Å². The molecule has 1 heterocycles. The highest BCUT2D eigenvalue weighted by molar-refractivity contribution is 9.10. The first kappa shape index (κ1) is 13.2. The van der Waals surface area contributed by atoms with Gasteiger partial charge in [-0.25, -0.2) is 4.98 Å². The highest BCUT2D eigenvalue weighted by Crippen LogP contribution is 2.24. The molecule has 1 aromatic heterocycles. The molecule has 0 atom stereocenters. The Kier molecular flexibility index (Phi) is 4.19. The van der Waals surface area contributed by atoms with Crippen LogP contribution in [0, 0.1) is 10.1 Å². The summed E-state index contributed by atoms with van der Waals surface area (Å²) in [6, 6.07) is 10.2. The summed E-state index contributed by atoms with van der Waals surface area (Å²) in [7, 11) is 0. The minimum absolute atomic E-state index is 0.00165. The maximum atomic E-state index is 10.8. The first-order valence-electron chi connectivity index (χ1n) is 5.31. The van der Waals surface area contributed by atoms with Gasteiger partial charge in [-0.2, -0.15) is 5.10 Å². The van der Waals surface area contributed by atoms with Crippen LogP contribution >= 0.6 is 15.9 Å². The molecule has 2 aromatic rings. The lowest BCUT2D eigenvalue weighted by Gasteiger charge is -1.99. The molecule has 0 aliphatic rings. The minimum Gasteiger partial charge on any atom is -0.261 e. The number of hydrogen-bond acceptors (Lipinski definition) is 5. The molecule has 0 unspecified atom stereocenters. The Morgan fingerprint density at radius 2 is 2.21 bits per heavy atom. The number of nitro benzene ring substituents is 1. The molecule has 0 saturated carbocycles. The molecule has 0 bridgehead atoms. The minimum atomic E-state index is -0.451. The fraction of sp³-hybridized carbons (Fsp3) is 0. The van der Waals surface area contributed by atoms with Crippen LogP contribution in [0.4, 0.5) is 11.5 Å². The fourth-order valence-corrected chi connectivity index (χ4v) is 1.74. The second kappa shape index (κ2) is 6.05. The van der Waals surface area contributed by atoms with Crippen LogP contribution in [-0.4, -0.2) is 16.1 Å². The highest BCUT2D eigenvalue weighted by atomic mass is 79.9. The molecular weight excluding hydrogens is 312 g/mol. The largest absolute Gasteiger partial charge is 0.284 e. The number of benzene rings is 1. The molecule has 1 N–H and O–H groups in total. The molecule has 0 aliphatic carbocycles. The Labute approximate surface area is 117 Å². The van der Waals surface area contributed by atoms with E-state index in [0.717, 1.165) is 0 Å². The molecule has 96 valence electrons. The molecule has 0 fully saturated rings. The van der Waals surface area contributed by atoms with Gasteiger partial charge in [0.2, 0.25) is 0 Å². The second-order valence-electron chi connectivity index (χ2n) is 3.55. The van der Waals surface area contributed by atoms with E-state index >= 15 is 0 Å². The summed E-state index contributed by atoms with van der Waals surface area (Å²) in [5.74, 6) is 0.602. The predicted molar refractivity (Wildman–Crippen MR) is 76.3 cm³/mol. The zero-order valence-corrected chi connectivity index (χ0v) is 11.2. The molecule has 19 heavy (non-hydrogen) atoms. The monoisotopic (exact) mass is 320 g/mol. The first-order chi connectivity index (χ1) is 9.16. The van der Waals surface area contributed by atoms with Crippen LogP contribution in [0.3, 0.4) is 0 Å². The lowest BCUT2D eigenvalue weighted by Crippen LogP contribution is -1.94. The summed E-state index contributed by atoms with van der Waals surface area (Å²) in [4.78, 5) is 14.4. The van der Waals surface area contributed by atoms with Crippen molar-refractivity contribution in [1.82, 2.24) is 4.98 Å². The lowest BCUT2D eigenvalue weighted by atomic mass is 10.2. The number of nitrogens with zero attached hydrogens (tertiary/aromatic N) is 3. The highest BCUT2D eigenvalue weighted by Gasteiger charge is 2.11. The van der Waals surface area contributed by atoms with E-state index in [-0.39, 0.29) is 5.69 Å². The van der Waals surface area contributed by atoms with Crippen molar-refractivity contribution < 1.29 is 4.92 Å². The van der Waals surface area contributed by atoms with E-state index in [1.807, 2.05) is 6.07 Å². The smallest absolute Gasteiger partial charge is 0.261 e. The Morgan fingerprint density at radius 3 is 2.89 bits per heavy atom. The molecule has 0 aliphatic heterocycles. The Morgan fingerprint density at radius 1 is 1.37 bits per heavy atom. The van der Waals surface area contributed by atoms with Gasteiger partial charge in [0.15, 0.2) is 0 Å². The number of nitrogens with one attached hydrogen (secondary N) is 1. The van der Waals surface area contributed by atoms with Crippen LogP contribution < -0.4 is 5.43 Å². The fourth-order valence-electron chi connectivity index (χ4n) is 1.35. The van der Waals surface area contributed by atoms with Crippen LogP contribution in [0.25, 0.3) is 0 Å². The molecule has 6 nitrogen and oxygen atoms in total. The van der Waals surface area contributed by atoms with E-state index in [1.54, 1.807) is 30.5 Å². The van der Waals surface area contributed by atoms with Gasteiger partial charge in [0.1, 0.15) is 5.82 Å². The number of halogens is 1. The summed E-state index contributed by atoms with van der Waals surface area (Å²) in [6.07, 6.45) is 3.14. The SMILES string of the molecule is O=[N+]([O-])c1cc(C=NNc2ccccn2)ccc1Br. The van der Waals surface area contributed by atoms with Gasteiger partial charge >= 0.3 is 0 Å².